The maximum Gasteiger partial charge on any atom is 0.195 e. The lowest BCUT2D eigenvalue weighted by Gasteiger charge is -2.14. The molecule has 0 N–H and O–H groups in total. The second-order valence-electron chi connectivity index (χ2n) is 7.86. The first-order valence-corrected chi connectivity index (χ1v) is 10.5. The summed E-state index contributed by atoms with van der Waals surface area (Å²) in [5.74, 6) is -2.14. The van der Waals surface area contributed by atoms with E-state index >= 15 is 0 Å². The van der Waals surface area contributed by atoms with E-state index in [1.165, 1.54) is 72.8 Å². The lowest BCUT2D eigenvalue weighted by molar-refractivity contribution is -0.108. The van der Waals surface area contributed by atoms with Gasteiger partial charge in [0.05, 0.1) is 0 Å². The molecular formula is C29H16F4O. The predicted octanol–water partition coefficient (Wildman–Crippen LogP) is 7.35. The minimum atomic E-state index is -0.455. The van der Waals surface area contributed by atoms with Crippen LogP contribution in [0.2, 0.25) is 0 Å². The van der Waals surface area contributed by atoms with Crippen molar-refractivity contribution in [3.63, 3.8) is 0 Å². The van der Waals surface area contributed by atoms with Gasteiger partial charge in [-0.25, -0.2) is 17.6 Å². The van der Waals surface area contributed by atoms with Gasteiger partial charge in [0.25, 0.3) is 0 Å². The molecule has 0 amide bonds. The van der Waals surface area contributed by atoms with Crippen molar-refractivity contribution in [1.29, 1.82) is 0 Å². The number of ketones is 1. The first kappa shape index (κ1) is 21.6. The minimum Gasteiger partial charge on any atom is -0.289 e. The number of halogens is 4. The van der Waals surface area contributed by atoms with E-state index in [1.807, 2.05) is 0 Å². The number of carbonyl (C=O) groups is 1. The van der Waals surface area contributed by atoms with Crippen LogP contribution in [0, 0.1) is 23.3 Å². The number of rotatable bonds is 4. The molecule has 0 saturated heterocycles. The Morgan fingerprint density at radius 2 is 0.529 bits per heavy atom. The largest absolute Gasteiger partial charge is 0.289 e. The van der Waals surface area contributed by atoms with Crippen LogP contribution in [-0.4, -0.2) is 5.78 Å². The fourth-order valence-corrected chi connectivity index (χ4v) is 4.20. The molecule has 0 aromatic heterocycles. The molecular weight excluding hydrogens is 440 g/mol. The van der Waals surface area contributed by atoms with Crippen LogP contribution >= 0.6 is 0 Å². The van der Waals surface area contributed by atoms with Crippen LogP contribution in [0.5, 0.6) is 0 Å². The number of allylic oxidation sites excluding steroid dienone is 4. The summed E-state index contributed by atoms with van der Waals surface area (Å²) in [5.41, 5.74) is 3.67. The Morgan fingerprint density at radius 3 is 0.765 bits per heavy atom. The first-order valence-electron chi connectivity index (χ1n) is 10.5. The molecule has 1 aliphatic rings. The molecule has 34 heavy (non-hydrogen) atoms. The molecule has 0 fully saturated rings. The highest BCUT2D eigenvalue weighted by atomic mass is 19.1. The molecule has 1 aliphatic carbocycles. The molecule has 1 nitrogen and oxygen atoms in total. The molecule has 0 saturated carbocycles. The van der Waals surface area contributed by atoms with E-state index in [4.69, 9.17) is 0 Å². The van der Waals surface area contributed by atoms with Crippen LogP contribution < -0.4 is 0 Å². The summed E-state index contributed by atoms with van der Waals surface area (Å²) in [7, 11) is 0. The van der Waals surface area contributed by atoms with Crippen molar-refractivity contribution in [3.8, 4) is 0 Å². The molecule has 0 heterocycles. The van der Waals surface area contributed by atoms with Gasteiger partial charge in [-0.2, -0.15) is 0 Å². The molecule has 0 unspecified atom stereocenters. The van der Waals surface area contributed by atoms with Crippen molar-refractivity contribution in [2.45, 2.75) is 0 Å². The number of carbonyl (C=O) groups excluding carboxylic acids is 1. The van der Waals surface area contributed by atoms with E-state index < -0.39 is 23.3 Å². The van der Waals surface area contributed by atoms with E-state index in [0.717, 1.165) is 0 Å². The van der Waals surface area contributed by atoms with Crippen molar-refractivity contribution in [2.24, 2.45) is 0 Å². The van der Waals surface area contributed by atoms with Gasteiger partial charge in [0.2, 0.25) is 0 Å². The number of hydrogen-bond donors (Lipinski definition) is 0. The fourth-order valence-electron chi connectivity index (χ4n) is 4.20. The number of benzene rings is 4. The van der Waals surface area contributed by atoms with Crippen LogP contribution in [0.25, 0.3) is 22.3 Å². The summed E-state index contributed by atoms with van der Waals surface area (Å²) in [6.45, 7) is 0. The third kappa shape index (κ3) is 3.86. The standard InChI is InChI=1S/C29H16F4O/c30-21-9-1-17(2-10-21)25-26(18-3-11-22(31)12-4-18)28(20-7-15-24(33)16-8-20)29(34)27(25)19-5-13-23(32)14-6-19/h1-16H. The Kier molecular flexibility index (Phi) is 5.46. The van der Waals surface area contributed by atoms with Crippen molar-refractivity contribution in [3.05, 3.63) is 143 Å². The van der Waals surface area contributed by atoms with Crippen LogP contribution in [-0.2, 0) is 4.79 Å². The zero-order chi connectivity index (χ0) is 23.8. The molecule has 4 aromatic rings. The fraction of sp³-hybridized carbons (Fsp3) is 0. The summed E-state index contributed by atoms with van der Waals surface area (Å²) < 4.78 is 54.8. The van der Waals surface area contributed by atoms with Crippen LogP contribution in [0.1, 0.15) is 22.3 Å². The van der Waals surface area contributed by atoms with Gasteiger partial charge in [0.1, 0.15) is 23.3 Å². The lowest BCUT2D eigenvalue weighted by Crippen LogP contribution is -2.02. The Hall–Kier alpha value is -4.25. The molecule has 0 bridgehead atoms. The average molecular weight is 456 g/mol. The Morgan fingerprint density at radius 1 is 0.324 bits per heavy atom. The highest BCUT2D eigenvalue weighted by Gasteiger charge is 2.35. The predicted molar refractivity (Wildman–Crippen MR) is 124 cm³/mol. The van der Waals surface area contributed by atoms with Crippen molar-refractivity contribution in [2.75, 3.05) is 0 Å². The highest BCUT2D eigenvalue weighted by Crippen LogP contribution is 2.49. The summed E-state index contributed by atoms with van der Waals surface area (Å²) in [5, 5.41) is 0. The maximum atomic E-state index is 13.9. The Bertz CT molecular complexity index is 1330. The quantitative estimate of drug-likeness (QED) is 0.294. The van der Waals surface area contributed by atoms with E-state index in [9.17, 15) is 22.4 Å². The SMILES string of the molecule is O=C1C(c2ccc(F)cc2)=C(c2ccc(F)cc2)C(c2ccc(F)cc2)=C1c1ccc(F)cc1. The van der Waals surface area contributed by atoms with Gasteiger partial charge in [-0.3, -0.25) is 4.79 Å². The molecule has 0 radical (unpaired) electrons. The van der Waals surface area contributed by atoms with Gasteiger partial charge in [-0.05, 0) is 70.8 Å². The molecule has 5 heteroatoms. The second kappa shape index (κ2) is 8.60. The van der Waals surface area contributed by atoms with E-state index in [2.05, 4.69) is 0 Å². The number of Topliss-reactive ketones (excluding diaryl/α,β-unsaturated/α-hetero) is 1. The second-order valence-corrected chi connectivity index (χ2v) is 7.86. The van der Waals surface area contributed by atoms with Crippen LogP contribution in [0.3, 0.4) is 0 Å². The zero-order valence-corrected chi connectivity index (χ0v) is 17.7. The van der Waals surface area contributed by atoms with Crippen LogP contribution in [0.15, 0.2) is 97.1 Å². The molecule has 0 spiro atoms. The molecule has 0 aliphatic heterocycles. The van der Waals surface area contributed by atoms with Gasteiger partial charge in [-0.15, -0.1) is 0 Å². The number of hydrogen-bond acceptors (Lipinski definition) is 1. The van der Waals surface area contributed by atoms with Crippen molar-refractivity contribution >= 4 is 28.1 Å². The normalized spacial score (nSPS) is 13.7. The Labute approximate surface area is 193 Å². The summed E-state index contributed by atoms with van der Waals surface area (Å²) in [6.07, 6.45) is 0. The van der Waals surface area contributed by atoms with Gasteiger partial charge < -0.3 is 0 Å². The summed E-state index contributed by atoms with van der Waals surface area (Å²) >= 11 is 0. The van der Waals surface area contributed by atoms with Gasteiger partial charge in [-0.1, -0.05) is 48.5 Å². The lowest BCUT2D eigenvalue weighted by atomic mass is 9.89. The summed E-state index contributed by atoms with van der Waals surface area (Å²) in [4.78, 5) is 13.9. The molecule has 166 valence electrons. The van der Waals surface area contributed by atoms with E-state index in [0.29, 0.717) is 44.5 Å². The molecule has 5 rings (SSSR count). The molecule has 0 atom stereocenters. The van der Waals surface area contributed by atoms with Crippen LogP contribution in [0.4, 0.5) is 17.6 Å². The van der Waals surface area contributed by atoms with E-state index in [-0.39, 0.29) is 5.78 Å². The average Bonchev–Trinajstić information content (AvgIpc) is 3.14. The summed E-state index contributed by atoms with van der Waals surface area (Å²) in [6, 6.07) is 22.4. The highest BCUT2D eigenvalue weighted by molar-refractivity contribution is 6.59. The van der Waals surface area contributed by atoms with Crippen molar-refractivity contribution in [1.82, 2.24) is 0 Å². The molecule has 4 aromatic carbocycles. The minimum absolute atomic E-state index is 0.297. The topological polar surface area (TPSA) is 17.1 Å². The Balaban J connectivity index is 1.86. The van der Waals surface area contributed by atoms with Gasteiger partial charge in [0, 0.05) is 22.3 Å². The first-order chi connectivity index (χ1) is 16.4. The smallest absolute Gasteiger partial charge is 0.195 e. The monoisotopic (exact) mass is 456 g/mol. The van der Waals surface area contributed by atoms with Gasteiger partial charge >= 0.3 is 0 Å². The third-order valence-electron chi connectivity index (χ3n) is 5.74. The third-order valence-corrected chi connectivity index (χ3v) is 5.74. The zero-order valence-electron chi connectivity index (χ0n) is 17.7. The maximum absolute atomic E-state index is 13.9. The van der Waals surface area contributed by atoms with Crippen molar-refractivity contribution < 1.29 is 22.4 Å². The van der Waals surface area contributed by atoms with E-state index in [1.54, 1.807) is 24.3 Å². The van der Waals surface area contributed by atoms with Gasteiger partial charge in [0.15, 0.2) is 5.78 Å².